The monoisotopic (exact) mass is 748 g/mol. The van der Waals surface area contributed by atoms with Gasteiger partial charge in [-0.05, 0) is 19.9 Å². The van der Waals surface area contributed by atoms with E-state index in [0.717, 1.165) is 7.11 Å². The molecule has 4 aliphatic rings. The highest BCUT2D eigenvalue weighted by Gasteiger charge is 2.56. The number of nitrogens with one attached hydrogen (secondary N) is 1. The first kappa shape index (κ1) is 42.4. The molecule has 4 rings (SSSR count). The van der Waals surface area contributed by atoms with E-state index in [4.69, 9.17) is 43.6 Å². The maximum absolute atomic E-state index is 13.2. The van der Waals surface area contributed by atoms with E-state index in [-0.39, 0.29) is 13.1 Å². The minimum atomic E-state index is -2.08. The van der Waals surface area contributed by atoms with Gasteiger partial charge in [0, 0.05) is 13.7 Å². The molecule has 0 aromatic carbocycles. The smallest absolute Gasteiger partial charge is 0.252 e. The van der Waals surface area contributed by atoms with Crippen molar-refractivity contribution in [2.45, 2.75) is 136 Å². The number of carbonyl (C=O) groups is 1. The van der Waals surface area contributed by atoms with Gasteiger partial charge < -0.3 is 105 Å². The van der Waals surface area contributed by atoms with E-state index in [0.29, 0.717) is 6.42 Å². The van der Waals surface area contributed by atoms with E-state index < -0.39 is 148 Å². The van der Waals surface area contributed by atoms with Crippen LogP contribution < -0.4 is 11.1 Å². The zero-order valence-corrected chi connectivity index (χ0v) is 28.0. The standard InChI is InChI=1S/C29H52N2O20/c1-9-13(35)22(15(37)10(6-32)45-9)48-28-19(41)23(16(38)12(8-34)47-28)49-29-20(42)24(17(39)25(51-29)26(43)31-5-3-4-30)50-27-18(40)21(44-2)14(36)11(7-33)46-27/h9-25,27-29,32-42H,3-8,30H2,1-2H3,(H,31,43). The highest BCUT2D eigenvalue weighted by molar-refractivity contribution is 5.81. The van der Waals surface area contributed by atoms with Crippen LogP contribution in [0.2, 0.25) is 0 Å². The lowest BCUT2D eigenvalue weighted by atomic mass is 9.94. The lowest BCUT2D eigenvalue weighted by Crippen LogP contribution is -2.68. The summed E-state index contributed by atoms with van der Waals surface area (Å²) in [5, 5.41) is 119. The van der Waals surface area contributed by atoms with E-state index in [1.165, 1.54) is 6.92 Å². The number of carbonyl (C=O) groups excluding carboxylic acids is 1. The summed E-state index contributed by atoms with van der Waals surface area (Å²) in [6.45, 7) is -0.583. The van der Waals surface area contributed by atoms with E-state index in [2.05, 4.69) is 5.32 Å². The Labute approximate surface area is 292 Å². The molecule has 0 spiro atoms. The van der Waals surface area contributed by atoms with Gasteiger partial charge in [-0.3, -0.25) is 4.79 Å². The Morgan fingerprint density at radius 2 is 1.02 bits per heavy atom. The number of aliphatic hydroxyl groups excluding tert-OH is 11. The fraction of sp³-hybridized carbons (Fsp3) is 0.966. The molecule has 0 bridgehead atoms. The Hall–Kier alpha value is -1.33. The molecule has 22 heteroatoms. The molecule has 51 heavy (non-hydrogen) atoms. The van der Waals surface area contributed by atoms with E-state index in [9.17, 15) is 61.0 Å². The minimum absolute atomic E-state index is 0.0474. The van der Waals surface area contributed by atoms with E-state index in [1.54, 1.807) is 0 Å². The average Bonchev–Trinajstić information content (AvgIpc) is 3.11. The molecule has 0 aromatic heterocycles. The zero-order valence-electron chi connectivity index (χ0n) is 28.0. The van der Waals surface area contributed by atoms with Crippen molar-refractivity contribution < 1.29 is 98.9 Å². The second kappa shape index (κ2) is 18.8. The topological polar surface area (TPSA) is 351 Å². The van der Waals surface area contributed by atoms with Crippen LogP contribution in [-0.2, 0) is 42.7 Å². The van der Waals surface area contributed by atoms with Crippen molar-refractivity contribution in [3.05, 3.63) is 0 Å². The highest BCUT2D eigenvalue weighted by atomic mass is 16.8. The Kier molecular flexibility index (Phi) is 15.6. The molecule has 4 aliphatic heterocycles. The molecule has 14 N–H and O–H groups in total. The first-order valence-electron chi connectivity index (χ1n) is 16.6. The molecule has 0 aromatic rings. The van der Waals surface area contributed by atoms with Gasteiger partial charge in [0.15, 0.2) is 25.0 Å². The van der Waals surface area contributed by atoms with Crippen LogP contribution >= 0.6 is 0 Å². The number of methoxy groups -OCH3 is 1. The van der Waals surface area contributed by atoms with Crippen molar-refractivity contribution >= 4 is 5.91 Å². The Bertz CT molecular complexity index is 1080. The molecule has 1 amide bonds. The average molecular weight is 749 g/mol. The van der Waals surface area contributed by atoms with E-state index in [1.807, 2.05) is 0 Å². The first-order valence-corrected chi connectivity index (χ1v) is 16.6. The third kappa shape index (κ3) is 9.14. The minimum Gasteiger partial charge on any atom is -0.394 e. The Balaban J connectivity index is 1.60. The normalized spacial score (nSPS) is 48.0. The number of hydrogen-bond acceptors (Lipinski definition) is 21. The second-order valence-electron chi connectivity index (χ2n) is 12.8. The molecule has 298 valence electrons. The molecule has 4 saturated heterocycles. The summed E-state index contributed by atoms with van der Waals surface area (Å²) in [6, 6.07) is 0. The largest absolute Gasteiger partial charge is 0.394 e. The fourth-order valence-corrected chi connectivity index (χ4v) is 6.40. The van der Waals surface area contributed by atoms with Gasteiger partial charge in [-0.25, -0.2) is 0 Å². The van der Waals surface area contributed by atoms with Gasteiger partial charge in [0.25, 0.3) is 5.91 Å². The SMILES string of the molecule is COC1C(O)C(CO)OC(OC2C(O)C(OC3C(O)C(CO)OC(OC4C(O)C(C)OC(CO)C4O)C3O)OC(C(=O)NCCCN)C2O)C1O. The molecule has 20 atom stereocenters. The van der Waals surface area contributed by atoms with Crippen LogP contribution in [0.25, 0.3) is 0 Å². The van der Waals surface area contributed by atoms with Crippen LogP contribution in [0.1, 0.15) is 13.3 Å². The van der Waals surface area contributed by atoms with Crippen LogP contribution in [0.4, 0.5) is 0 Å². The van der Waals surface area contributed by atoms with Crippen LogP contribution in [0.15, 0.2) is 0 Å². The highest BCUT2D eigenvalue weighted by Crippen LogP contribution is 2.34. The molecule has 4 fully saturated rings. The van der Waals surface area contributed by atoms with Gasteiger partial charge in [0.05, 0.1) is 25.9 Å². The van der Waals surface area contributed by atoms with Gasteiger partial charge in [-0.2, -0.15) is 0 Å². The number of ether oxygens (including phenoxy) is 8. The molecule has 20 unspecified atom stereocenters. The molecular formula is C29H52N2O20. The summed E-state index contributed by atoms with van der Waals surface area (Å²) in [5.74, 6) is -0.925. The van der Waals surface area contributed by atoms with Crippen molar-refractivity contribution in [3.8, 4) is 0 Å². The molecule has 0 saturated carbocycles. The lowest BCUT2D eigenvalue weighted by Gasteiger charge is -2.49. The van der Waals surface area contributed by atoms with Crippen molar-refractivity contribution in [1.82, 2.24) is 5.32 Å². The van der Waals surface area contributed by atoms with Gasteiger partial charge >= 0.3 is 0 Å². The molecule has 4 heterocycles. The number of aliphatic hydroxyl groups is 11. The fourth-order valence-electron chi connectivity index (χ4n) is 6.40. The number of rotatable bonds is 14. The third-order valence-electron chi connectivity index (χ3n) is 9.38. The third-order valence-corrected chi connectivity index (χ3v) is 9.38. The van der Waals surface area contributed by atoms with Crippen LogP contribution in [0.3, 0.4) is 0 Å². The number of amides is 1. The van der Waals surface area contributed by atoms with Gasteiger partial charge in [-0.1, -0.05) is 0 Å². The predicted octanol–water partition coefficient (Wildman–Crippen LogP) is -8.55. The van der Waals surface area contributed by atoms with Gasteiger partial charge in [0.2, 0.25) is 0 Å². The molecule has 0 radical (unpaired) electrons. The van der Waals surface area contributed by atoms with Crippen molar-refractivity contribution in [2.75, 3.05) is 40.0 Å². The molecule has 0 aliphatic carbocycles. The van der Waals surface area contributed by atoms with Crippen LogP contribution in [0, 0.1) is 0 Å². The molecular weight excluding hydrogens is 696 g/mol. The lowest BCUT2D eigenvalue weighted by molar-refractivity contribution is -0.383. The maximum atomic E-state index is 13.2. The maximum Gasteiger partial charge on any atom is 0.252 e. The van der Waals surface area contributed by atoms with Crippen LogP contribution in [0.5, 0.6) is 0 Å². The summed E-state index contributed by atoms with van der Waals surface area (Å²) >= 11 is 0. The summed E-state index contributed by atoms with van der Waals surface area (Å²) in [4.78, 5) is 13.2. The Morgan fingerprint density at radius 3 is 1.49 bits per heavy atom. The van der Waals surface area contributed by atoms with Crippen molar-refractivity contribution in [1.29, 1.82) is 0 Å². The second-order valence-corrected chi connectivity index (χ2v) is 12.8. The van der Waals surface area contributed by atoms with E-state index >= 15 is 0 Å². The number of nitrogens with two attached hydrogens (primary N) is 1. The summed E-state index contributed by atoms with van der Waals surface area (Å²) < 4.78 is 44.4. The van der Waals surface area contributed by atoms with Gasteiger partial charge in [-0.15, -0.1) is 0 Å². The predicted molar refractivity (Wildman–Crippen MR) is 162 cm³/mol. The molecule has 22 nitrogen and oxygen atoms in total. The first-order chi connectivity index (χ1) is 24.2. The van der Waals surface area contributed by atoms with Crippen molar-refractivity contribution in [2.24, 2.45) is 5.73 Å². The zero-order chi connectivity index (χ0) is 37.7. The van der Waals surface area contributed by atoms with Gasteiger partial charge in [0.1, 0.15) is 91.6 Å². The number of hydrogen-bond donors (Lipinski definition) is 13. The van der Waals surface area contributed by atoms with Crippen molar-refractivity contribution in [3.63, 3.8) is 0 Å². The Morgan fingerprint density at radius 1 is 0.608 bits per heavy atom. The summed E-state index contributed by atoms with van der Waals surface area (Å²) in [6.07, 6.45) is -33.1. The van der Waals surface area contributed by atoms with Crippen LogP contribution in [-0.4, -0.2) is 225 Å². The summed E-state index contributed by atoms with van der Waals surface area (Å²) in [5.41, 5.74) is 5.49. The quantitative estimate of drug-likeness (QED) is 0.0733. The summed E-state index contributed by atoms with van der Waals surface area (Å²) in [7, 11) is 1.16.